The van der Waals surface area contributed by atoms with Crippen molar-refractivity contribution in [2.45, 2.75) is 38.9 Å². The van der Waals surface area contributed by atoms with E-state index in [2.05, 4.69) is 39.9 Å². The lowest BCUT2D eigenvalue weighted by molar-refractivity contribution is 0.165. The Morgan fingerprint density at radius 1 is 1.20 bits per heavy atom. The molecule has 0 amide bonds. The van der Waals surface area contributed by atoms with Gasteiger partial charge in [0, 0.05) is 43.6 Å². The van der Waals surface area contributed by atoms with Crippen LogP contribution < -0.4 is 4.74 Å². The van der Waals surface area contributed by atoms with Crippen molar-refractivity contribution in [3.05, 3.63) is 59.9 Å². The summed E-state index contributed by atoms with van der Waals surface area (Å²) in [5.74, 6) is 0.970. The molecule has 1 aromatic carbocycles. The van der Waals surface area contributed by atoms with E-state index < -0.39 is 0 Å². The van der Waals surface area contributed by atoms with Crippen molar-refractivity contribution in [2.75, 3.05) is 26.7 Å². The maximum atomic E-state index is 5.56. The summed E-state index contributed by atoms with van der Waals surface area (Å²) in [7, 11) is 1.75. The number of pyridine rings is 1. The standard InChI is InChI=1S/C21H29N3O/c1-3-24-13-7-10-20(24)17-23(15-18-8-6-12-22-14-18)16-19-9-4-5-11-21(19)25-2/h4-6,8-9,11-12,14,20H,3,7,10,13,15-17H2,1-2H3. The van der Waals surface area contributed by atoms with Gasteiger partial charge in [-0.25, -0.2) is 0 Å². The summed E-state index contributed by atoms with van der Waals surface area (Å²) in [6, 6.07) is 13.2. The SMILES string of the molecule is CCN1CCCC1CN(Cc1cccnc1)Cc1ccccc1OC. The van der Waals surface area contributed by atoms with Gasteiger partial charge in [-0.1, -0.05) is 31.2 Å². The molecule has 2 heterocycles. The maximum Gasteiger partial charge on any atom is 0.123 e. The molecule has 0 bridgehead atoms. The molecule has 3 rings (SSSR count). The Bertz CT molecular complexity index is 647. The first-order valence-corrected chi connectivity index (χ1v) is 9.27. The highest BCUT2D eigenvalue weighted by Crippen LogP contribution is 2.23. The van der Waals surface area contributed by atoms with E-state index in [0.717, 1.165) is 31.9 Å². The molecule has 4 nitrogen and oxygen atoms in total. The zero-order valence-corrected chi connectivity index (χ0v) is 15.4. The summed E-state index contributed by atoms with van der Waals surface area (Å²) in [4.78, 5) is 9.42. The molecule has 0 aliphatic carbocycles. The predicted molar refractivity (Wildman–Crippen MR) is 102 cm³/mol. The molecule has 1 saturated heterocycles. The van der Waals surface area contributed by atoms with E-state index in [1.807, 2.05) is 30.6 Å². The van der Waals surface area contributed by atoms with Gasteiger partial charge in [0.2, 0.25) is 0 Å². The summed E-state index contributed by atoms with van der Waals surface area (Å²) in [6.07, 6.45) is 6.42. The van der Waals surface area contributed by atoms with Crippen molar-refractivity contribution in [1.29, 1.82) is 0 Å². The Kier molecular flexibility index (Phi) is 6.42. The molecule has 0 saturated carbocycles. The smallest absolute Gasteiger partial charge is 0.123 e. The van der Waals surface area contributed by atoms with Gasteiger partial charge in [0.15, 0.2) is 0 Å². The van der Waals surface area contributed by atoms with Gasteiger partial charge in [-0.2, -0.15) is 0 Å². The number of hydrogen-bond donors (Lipinski definition) is 0. The Balaban J connectivity index is 1.76. The molecule has 1 fully saturated rings. The molecular weight excluding hydrogens is 310 g/mol. The quantitative estimate of drug-likeness (QED) is 0.735. The molecule has 134 valence electrons. The van der Waals surface area contributed by atoms with Gasteiger partial charge in [0.25, 0.3) is 0 Å². The van der Waals surface area contributed by atoms with Crippen molar-refractivity contribution in [3.63, 3.8) is 0 Å². The highest BCUT2D eigenvalue weighted by molar-refractivity contribution is 5.33. The Morgan fingerprint density at radius 3 is 2.84 bits per heavy atom. The van der Waals surface area contributed by atoms with Crippen LogP contribution in [0.1, 0.15) is 30.9 Å². The number of methoxy groups -OCH3 is 1. The minimum atomic E-state index is 0.649. The largest absolute Gasteiger partial charge is 0.496 e. The average molecular weight is 339 g/mol. The van der Waals surface area contributed by atoms with Crippen LogP contribution in [0.5, 0.6) is 5.75 Å². The second kappa shape index (κ2) is 8.97. The topological polar surface area (TPSA) is 28.6 Å². The maximum absolute atomic E-state index is 5.56. The summed E-state index contributed by atoms with van der Waals surface area (Å²) < 4.78 is 5.56. The Labute approximate surface area is 151 Å². The molecule has 4 heteroatoms. The van der Waals surface area contributed by atoms with Crippen LogP contribution in [-0.4, -0.2) is 47.6 Å². The lowest BCUT2D eigenvalue weighted by Gasteiger charge is -2.30. The van der Waals surface area contributed by atoms with Crippen LogP contribution in [0.2, 0.25) is 0 Å². The predicted octanol–water partition coefficient (Wildman–Crippen LogP) is 3.58. The van der Waals surface area contributed by atoms with Crippen molar-refractivity contribution < 1.29 is 4.74 Å². The fraction of sp³-hybridized carbons (Fsp3) is 0.476. The first kappa shape index (κ1) is 17.9. The highest BCUT2D eigenvalue weighted by Gasteiger charge is 2.25. The first-order chi connectivity index (χ1) is 12.3. The van der Waals surface area contributed by atoms with Crippen LogP contribution in [0.4, 0.5) is 0 Å². The van der Waals surface area contributed by atoms with Crippen LogP contribution in [-0.2, 0) is 13.1 Å². The number of nitrogens with zero attached hydrogens (tertiary/aromatic N) is 3. The monoisotopic (exact) mass is 339 g/mol. The van der Waals surface area contributed by atoms with Gasteiger partial charge in [-0.05, 0) is 43.6 Å². The first-order valence-electron chi connectivity index (χ1n) is 9.27. The van der Waals surface area contributed by atoms with Gasteiger partial charge < -0.3 is 4.74 Å². The van der Waals surface area contributed by atoms with E-state index >= 15 is 0 Å². The minimum Gasteiger partial charge on any atom is -0.496 e. The fourth-order valence-electron chi connectivity index (χ4n) is 3.83. The van der Waals surface area contributed by atoms with E-state index in [-0.39, 0.29) is 0 Å². The third kappa shape index (κ3) is 4.80. The summed E-state index contributed by atoms with van der Waals surface area (Å²) in [5, 5.41) is 0. The zero-order chi connectivity index (χ0) is 17.5. The molecule has 2 aromatic rings. The van der Waals surface area contributed by atoms with Gasteiger partial charge in [0.1, 0.15) is 5.75 Å². The molecular formula is C21H29N3O. The average Bonchev–Trinajstić information content (AvgIpc) is 3.10. The number of rotatable bonds is 8. The molecule has 1 aliphatic rings. The molecule has 1 aromatic heterocycles. The number of aromatic nitrogens is 1. The van der Waals surface area contributed by atoms with E-state index in [1.165, 1.54) is 30.5 Å². The summed E-state index contributed by atoms with van der Waals surface area (Å²) in [5.41, 5.74) is 2.51. The number of hydrogen-bond acceptors (Lipinski definition) is 4. The lowest BCUT2D eigenvalue weighted by atomic mass is 10.1. The number of para-hydroxylation sites is 1. The van der Waals surface area contributed by atoms with Gasteiger partial charge >= 0.3 is 0 Å². The van der Waals surface area contributed by atoms with Crippen LogP contribution in [0.3, 0.4) is 0 Å². The second-order valence-electron chi connectivity index (χ2n) is 6.77. The molecule has 1 aliphatic heterocycles. The summed E-state index contributed by atoms with van der Waals surface area (Å²) >= 11 is 0. The van der Waals surface area contributed by atoms with Crippen molar-refractivity contribution in [2.24, 2.45) is 0 Å². The zero-order valence-electron chi connectivity index (χ0n) is 15.4. The molecule has 0 radical (unpaired) electrons. The Morgan fingerprint density at radius 2 is 2.08 bits per heavy atom. The number of benzene rings is 1. The molecule has 1 unspecified atom stereocenters. The van der Waals surface area contributed by atoms with Crippen LogP contribution in [0, 0.1) is 0 Å². The normalized spacial score (nSPS) is 18.0. The van der Waals surface area contributed by atoms with Gasteiger partial charge in [0.05, 0.1) is 7.11 Å². The molecule has 0 spiro atoms. The number of likely N-dealkylation sites (N-methyl/N-ethyl adjacent to an activating group) is 1. The Hall–Kier alpha value is -1.91. The van der Waals surface area contributed by atoms with Gasteiger partial charge in [-0.15, -0.1) is 0 Å². The third-order valence-electron chi connectivity index (χ3n) is 5.09. The molecule has 1 atom stereocenters. The minimum absolute atomic E-state index is 0.649. The fourth-order valence-corrected chi connectivity index (χ4v) is 3.83. The summed E-state index contributed by atoms with van der Waals surface area (Å²) in [6.45, 7) is 7.54. The van der Waals surface area contributed by atoms with E-state index in [1.54, 1.807) is 7.11 Å². The van der Waals surface area contributed by atoms with Gasteiger partial charge in [-0.3, -0.25) is 14.8 Å². The van der Waals surface area contributed by atoms with Crippen molar-refractivity contribution >= 4 is 0 Å². The van der Waals surface area contributed by atoms with E-state index in [0.29, 0.717) is 6.04 Å². The van der Waals surface area contributed by atoms with Crippen molar-refractivity contribution in [3.8, 4) is 5.75 Å². The number of ether oxygens (including phenoxy) is 1. The van der Waals surface area contributed by atoms with Crippen molar-refractivity contribution in [1.82, 2.24) is 14.8 Å². The molecule has 25 heavy (non-hydrogen) atoms. The molecule has 0 N–H and O–H groups in total. The highest BCUT2D eigenvalue weighted by atomic mass is 16.5. The van der Waals surface area contributed by atoms with E-state index in [4.69, 9.17) is 4.74 Å². The van der Waals surface area contributed by atoms with Crippen LogP contribution in [0.25, 0.3) is 0 Å². The lowest BCUT2D eigenvalue weighted by Crippen LogP contribution is -2.39. The van der Waals surface area contributed by atoms with E-state index in [9.17, 15) is 0 Å². The third-order valence-corrected chi connectivity index (χ3v) is 5.09. The van der Waals surface area contributed by atoms with Crippen LogP contribution >= 0.6 is 0 Å². The second-order valence-corrected chi connectivity index (χ2v) is 6.77. The van der Waals surface area contributed by atoms with Crippen LogP contribution in [0.15, 0.2) is 48.8 Å². The number of likely N-dealkylation sites (tertiary alicyclic amines) is 1.